The molecule has 2 heterocycles. The van der Waals surface area contributed by atoms with Crippen molar-refractivity contribution in [1.82, 2.24) is 9.80 Å². The fourth-order valence-corrected chi connectivity index (χ4v) is 3.31. The van der Waals surface area contributed by atoms with Crippen molar-refractivity contribution in [1.29, 1.82) is 0 Å². The quantitative estimate of drug-likeness (QED) is 0.627. The summed E-state index contributed by atoms with van der Waals surface area (Å²) in [4.78, 5) is 35.9. The maximum absolute atomic E-state index is 14.1. The molecule has 0 saturated carbocycles. The van der Waals surface area contributed by atoms with E-state index in [9.17, 15) is 14.0 Å². The molecule has 8 nitrogen and oxygen atoms in total. The van der Waals surface area contributed by atoms with Gasteiger partial charge in [-0.05, 0) is 20.2 Å². The Morgan fingerprint density at radius 3 is 2.41 bits per heavy atom. The number of hydrogen-bond acceptors (Lipinski definition) is 6. The average molecular weight is 382 g/mol. The van der Waals surface area contributed by atoms with Gasteiger partial charge in [-0.25, -0.2) is 9.18 Å². The molecule has 1 aromatic carbocycles. The van der Waals surface area contributed by atoms with Crippen molar-refractivity contribution in [3.05, 3.63) is 35.6 Å². The lowest BCUT2D eigenvalue weighted by atomic mass is 9.91. The minimum absolute atomic E-state index is 0.148. The molecule has 1 N–H and O–H groups in total. The van der Waals surface area contributed by atoms with Gasteiger partial charge >= 0.3 is 6.16 Å². The van der Waals surface area contributed by atoms with Crippen molar-refractivity contribution < 1.29 is 33.4 Å². The molecule has 2 saturated heterocycles. The number of carbonyl (C=O) groups is 3. The number of cyclic esters (lactones) is 1. The van der Waals surface area contributed by atoms with Crippen LogP contribution in [0.5, 0.6) is 0 Å². The molecular formula is C18H23FN2O6. The molecule has 0 bridgehead atoms. The Morgan fingerprint density at radius 1 is 1.33 bits per heavy atom. The van der Waals surface area contributed by atoms with Crippen LogP contribution in [0.4, 0.5) is 9.18 Å². The van der Waals surface area contributed by atoms with Gasteiger partial charge in [-0.2, -0.15) is 0 Å². The van der Waals surface area contributed by atoms with Gasteiger partial charge in [0.1, 0.15) is 18.5 Å². The minimum atomic E-state index is -0.678. The van der Waals surface area contributed by atoms with Crippen LogP contribution >= 0.6 is 0 Å². The summed E-state index contributed by atoms with van der Waals surface area (Å²) < 4.78 is 24.3. The number of nitrogens with zero attached hydrogens (tertiary/aromatic N) is 2. The number of ether oxygens (including phenoxy) is 2. The summed E-state index contributed by atoms with van der Waals surface area (Å²) in [5.41, 5.74) is -0.247. The molecule has 1 aromatic rings. The van der Waals surface area contributed by atoms with Crippen LogP contribution < -0.4 is 0 Å². The SMILES string of the molecule is CN(C)C(C(=O)N1CCC2(CC1)COC(=O)O2)c1ccccc1F.O=CO. The first-order valence-electron chi connectivity index (χ1n) is 8.47. The number of halogens is 1. The second-order valence-corrected chi connectivity index (χ2v) is 6.64. The van der Waals surface area contributed by atoms with E-state index in [-0.39, 0.29) is 19.0 Å². The molecule has 1 amide bonds. The molecule has 148 valence electrons. The van der Waals surface area contributed by atoms with E-state index in [1.165, 1.54) is 6.07 Å². The van der Waals surface area contributed by atoms with Crippen molar-refractivity contribution in [2.24, 2.45) is 0 Å². The Hall–Kier alpha value is -2.68. The van der Waals surface area contributed by atoms with Gasteiger partial charge < -0.3 is 19.5 Å². The van der Waals surface area contributed by atoms with Crippen LogP contribution in [0.1, 0.15) is 24.4 Å². The standard InChI is InChI=1S/C17H21FN2O4.CH2O2/c1-19(2)14(12-5-3-4-6-13(12)18)15(21)20-9-7-17(8-10-20)11-23-16(22)24-17;2-1-3/h3-6,14H,7-11H2,1-2H3;1H,(H,2,3). The maximum atomic E-state index is 14.1. The summed E-state index contributed by atoms with van der Waals surface area (Å²) in [5.74, 6) is -0.540. The summed E-state index contributed by atoms with van der Waals surface area (Å²) in [6.07, 6.45) is 0.413. The predicted molar refractivity (Wildman–Crippen MR) is 92.5 cm³/mol. The van der Waals surface area contributed by atoms with Crippen LogP contribution in [0, 0.1) is 5.82 Å². The number of benzene rings is 1. The van der Waals surface area contributed by atoms with Gasteiger partial charge in [-0.1, -0.05) is 18.2 Å². The van der Waals surface area contributed by atoms with Crippen LogP contribution in [-0.4, -0.2) is 72.8 Å². The highest BCUT2D eigenvalue weighted by atomic mass is 19.1. The Bertz CT molecular complexity index is 688. The normalized spacial score (nSPS) is 19.0. The second-order valence-electron chi connectivity index (χ2n) is 6.64. The van der Waals surface area contributed by atoms with E-state index < -0.39 is 23.6 Å². The highest BCUT2D eigenvalue weighted by Gasteiger charge is 2.46. The largest absolute Gasteiger partial charge is 0.509 e. The molecule has 1 unspecified atom stereocenters. The molecule has 3 rings (SSSR count). The molecule has 9 heteroatoms. The maximum Gasteiger partial charge on any atom is 0.509 e. The molecular weight excluding hydrogens is 359 g/mol. The van der Waals surface area contributed by atoms with E-state index >= 15 is 0 Å². The zero-order chi connectivity index (χ0) is 20.0. The number of carboxylic acid groups (broad SMARTS) is 1. The fraction of sp³-hybridized carbons (Fsp3) is 0.500. The van der Waals surface area contributed by atoms with E-state index in [2.05, 4.69) is 0 Å². The molecule has 0 aliphatic carbocycles. The Morgan fingerprint density at radius 2 is 1.93 bits per heavy atom. The van der Waals surface area contributed by atoms with Crippen LogP contribution in [-0.2, 0) is 19.1 Å². The topological polar surface area (TPSA) is 96.4 Å². The Balaban J connectivity index is 0.000000817. The third-order valence-electron chi connectivity index (χ3n) is 4.69. The highest BCUT2D eigenvalue weighted by molar-refractivity contribution is 5.83. The summed E-state index contributed by atoms with van der Waals surface area (Å²) >= 11 is 0. The zero-order valence-electron chi connectivity index (χ0n) is 15.3. The van der Waals surface area contributed by atoms with E-state index in [1.807, 2.05) is 0 Å². The van der Waals surface area contributed by atoms with Gasteiger partial charge in [0.25, 0.3) is 6.47 Å². The Labute approximate surface area is 156 Å². The van der Waals surface area contributed by atoms with Gasteiger partial charge in [-0.3, -0.25) is 14.5 Å². The first-order chi connectivity index (χ1) is 12.8. The number of likely N-dealkylation sites (tertiary alicyclic amines) is 1. The van der Waals surface area contributed by atoms with Gasteiger partial charge in [0.2, 0.25) is 5.91 Å². The molecule has 27 heavy (non-hydrogen) atoms. The van der Waals surface area contributed by atoms with Crippen molar-refractivity contribution in [3.8, 4) is 0 Å². The molecule has 2 aliphatic heterocycles. The zero-order valence-corrected chi connectivity index (χ0v) is 15.3. The summed E-state index contributed by atoms with van der Waals surface area (Å²) in [7, 11) is 3.51. The number of rotatable bonds is 3. The third kappa shape index (κ3) is 4.73. The monoisotopic (exact) mass is 382 g/mol. The van der Waals surface area contributed by atoms with Crippen molar-refractivity contribution >= 4 is 18.5 Å². The number of hydrogen-bond donors (Lipinski definition) is 1. The highest BCUT2D eigenvalue weighted by Crippen LogP contribution is 2.33. The fourth-order valence-electron chi connectivity index (χ4n) is 3.31. The van der Waals surface area contributed by atoms with Gasteiger partial charge in [0.05, 0.1) is 0 Å². The van der Waals surface area contributed by atoms with E-state index in [0.29, 0.717) is 31.5 Å². The molecule has 0 radical (unpaired) electrons. The van der Waals surface area contributed by atoms with E-state index in [4.69, 9.17) is 19.4 Å². The average Bonchev–Trinajstić information content (AvgIpc) is 2.98. The van der Waals surface area contributed by atoms with Crippen LogP contribution in [0.2, 0.25) is 0 Å². The second kappa shape index (κ2) is 8.81. The summed E-state index contributed by atoms with van der Waals surface area (Å²) in [5, 5.41) is 6.89. The first-order valence-corrected chi connectivity index (χ1v) is 8.47. The number of likely N-dealkylation sites (N-methyl/N-ethyl adjacent to an activating group) is 1. The van der Waals surface area contributed by atoms with Crippen molar-refractivity contribution in [2.75, 3.05) is 33.8 Å². The number of piperidine rings is 1. The molecule has 2 fully saturated rings. The van der Waals surface area contributed by atoms with Gasteiger partial charge in [0.15, 0.2) is 5.60 Å². The smallest absolute Gasteiger partial charge is 0.483 e. The molecule has 2 aliphatic rings. The number of carbonyl (C=O) groups excluding carboxylic acids is 2. The van der Waals surface area contributed by atoms with E-state index in [1.54, 1.807) is 42.1 Å². The number of amides is 1. The van der Waals surface area contributed by atoms with Crippen molar-refractivity contribution in [2.45, 2.75) is 24.5 Å². The molecule has 0 aromatic heterocycles. The van der Waals surface area contributed by atoms with Gasteiger partial charge in [-0.15, -0.1) is 0 Å². The van der Waals surface area contributed by atoms with Crippen LogP contribution in [0.3, 0.4) is 0 Å². The first kappa shape index (κ1) is 20.6. The lowest BCUT2D eigenvalue weighted by Crippen LogP contribution is -2.50. The van der Waals surface area contributed by atoms with E-state index in [0.717, 1.165) is 0 Å². The van der Waals surface area contributed by atoms with Crippen molar-refractivity contribution in [3.63, 3.8) is 0 Å². The predicted octanol–water partition coefficient (Wildman–Crippen LogP) is 1.66. The summed E-state index contributed by atoms with van der Waals surface area (Å²) in [6.45, 7) is 0.890. The lowest BCUT2D eigenvalue weighted by Gasteiger charge is -2.38. The summed E-state index contributed by atoms with van der Waals surface area (Å²) in [6, 6.07) is 5.65. The Kier molecular flexibility index (Phi) is 6.73. The lowest BCUT2D eigenvalue weighted by molar-refractivity contribution is -0.140. The minimum Gasteiger partial charge on any atom is -0.483 e. The molecule has 1 atom stereocenters. The third-order valence-corrected chi connectivity index (χ3v) is 4.69. The van der Waals surface area contributed by atoms with Crippen LogP contribution in [0.25, 0.3) is 0 Å². The molecule has 1 spiro atoms. The van der Waals surface area contributed by atoms with Crippen LogP contribution in [0.15, 0.2) is 24.3 Å². The van der Waals surface area contributed by atoms with Gasteiger partial charge in [0, 0.05) is 31.5 Å².